The highest BCUT2D eigenvalue weighted by Crippen LogP contribution is 2.30. The molecule has 0 spiro atoms. The maximum absolute atomic E-state index is 12.5. The first-order valence-electron chi connectivity index (χ1n) is 9.33. The van der Waals surface area contributed by atoms with Crippen LogP contribution in [0.15, 0.2) is 36.5 Å². The topological polar surface area (TPSA) is 71.5 Å². The van der Waals surface area contributed by atoms with Gasteiger partial charge in [0.1, 0.15) is 0 Å². The Balaban J connectivity index is 1.37. The van der Waals surface area contributed by atoms with E-state index in [1.165, 1.54) is 17.5 Å². The molecule has 2 aliphatic rings. The average molecular weight is 365 g/mol. The Hall–Kier alpha value is -2.89. The molecule has 140 valence electrons. The summed E-state index contributed by atoms with van der Waals surface area (Å²) in [5.74, 6) is 0.135. The number of benzene rings is 1. The molecule has 1 N–H and O–H groups in total. The number of methoxy groups -OCH3 is 1. The van der Waals surface area contributed by atoms with Crippen molar-refractivity contribution in [2.75, 3.05) is 18.6 Å². The van der Waals surface area contributed by atoms with Crippen LogP contribution in [0.2, 0.25) is 0 Å². The molecule has 1 aliphatic heterocycles. The number of hydrogen-bond donors (Lipinski definition) is 1. The van der Waals surface area contributed by atoms with Crippen LogP contribution < -0.4 is 15.0 Å². The maximum atomic E-state index is 12.5. The number of anilines is 1. The summed E-state index contributed by atoms with van der Waals surface area (Å²) in [4.78, 5) is 30.8. The van der Waals surface area contributed by atoms with Gasteiger partial charge in [0.15, 0.2) is 0 Å². The Morgan fingerprint density at radius 3 is 2.89 bits per heavy atom. The number of ether oxygens (including phenoxy) is 1. The van der Waals surface area contributed by atoms with Crippen molar-refractivity contribution < 1.29 is 14.3 Å². The minimum atomic E-state index is -0.322. The van der Waals surface area contributed by atoms with Gasteiger partial charge in [-0.15, -0.1) is 0 Å². The van der Waals surface area contributed by atoms with E-state index in [1.54, 1.807) is 24.3 Å². The third-order valence-electron chi connectivity index (χ3n) is 5.36. The smallest absolute Gasteiger partial charge is 0.227 e. The van der Waals surface area contributed by atoms with E-state index in [0.29, 0.717) is 19.0 Å². The SMILES string of the molecule is COc1ccc(CNC(=O)C2CC(=O)N(c3ccc4c(c3)CCC4)C2)cn1. The monoisotopic (exact) mass is 365 g/mol. The molecule has 2 amide bonds. The normalized spacial score (nSPS) is 18.5. The minimum Gasteiger partial charge on any atom is -0.481 e. The summed E-state index contributed by atoms with van der Waals surface area (Å²) in [5, 5.41) is 2.91. The first kappa shape index (κ1) is 17.5. The molecule has 1 fully saturated rings. The fourth-order valence-electron chi connectivity index (χ4n) is 3.83. The Morgan fingerprint density at radius 1 is 1.26 bits per heavy atom. The highest BCUT2D eigenvalue weighted by Gasteiger charge is 2.35. The second kappa shape index (κ2) is 7.39. The van der Waals surface area contributed by atoms with Crippen molar-refractivity contribution in [1.29, 1.82) is 0 Å². The molecule has 2 heterocycles. The Bertz CT molecular complexity index is 863. The van der Waals surface area contributed by atoms with Crippen molar-refractivity contribution in [3.63, 3.8) is 0 Å². The van der Waals surface area contributed by atoms with Crippen molar-refractivity contribution in [3.8, 4) is 5.88 Å². The molecule has 27 heavy (non-hydrogen) atoms. The van der Waals surface area contributed by atoms with E-state index in [0.717, 1.165) is 24.1 Å². The van der Waals surface area contributed by atoms with Crippen LogP contribution in [0.4, 0.5) is 5.69 Å². The Morgan fingerprint density at radius 2 is 2.11 bits per heavy atom. The van der Waals surface area contributed by atoms with Crippen LogP contribution in [0.25, 0.3) is 0 Å². The predicted molar refractivity (Wildman–Crippen MR) is 102 cm³/mol. The lowest BCUT2D eigenvalue weighted by molar-refractivity contribution is -0.126. The van der Waals surface area contributed by atoms with Gasteiger partial charge in [-0.25, -0.2) is 4.98 Å². The van der Waals surface area contributed by atoms with Gasteiger partial charge in [-0.05, 0) is 48.1 Å². The van der Waals surface area contributed by atoms with Gasteiger partial charge in [0, 0.05) is 37.5 Å². The second-order valence-electron chi connectivity index (χ2n) is 7.14. The van der Waals surface area contributed by atoms with E-state index in [1.807, 2.05) is 12.1 Å². The lowest BCUT2D eigenvalue weighted by Crippen LogP contribution is -2.32. The number of aryl methyl sites for hydroxylation is 2. The number of nitrogens with one attached hydrogen (secondary N) is 1. The lowest BCUT2D eigenvalue weighted by atomic mass is 10.1. The Labute approximate surface area is 158 Å². The second-order valence-corrected chi connectivity index (χ2v) is 7.14. The van der Waals surface area contributed by atoms with Gasteiger partial charge in [0.05, 0.1) is 13.0 Å². The highest BCUT2D eigenvalue weighted by molar-refractivity contribution is 6.00. The molecular formula is C21H23N3O3. The number of aromatic nitrogens is 1. The largest absolute Gasteiger partial charge is 0.481 e. The molecule has 2 aromatic rings. The van der Waals surface area contributed by atoms with Crippen molar-refractivity contribution in [1.82, 2.24) is 10.3 Å². The number of hydrogen-bond acceptors (Lipinski definition) is 4. The van der Waals surface area contributed by atoms with Crippen molar-refractivity contribution >= 4 is 17.5 Å². The fourth-order valence-corrected chi connectivity index (χ4v) is 3.83. The van der Waals surface area contributed by atoms with E-state index < -0.39 is 0 Å². The first-order valence-corrected chi connectivity index (χ1v) is 9.33. The molecule has 0 saturated carbocycles. The third kappa shape index (κ3) is 3.65. The summed E-state index contributed by atoms with van der Waals surface area (Å²) >= 11 is 0. The van der Waals surface area contributed by atoms with E-state index in [4.69, 9.17) is 4.74 Å². The number of nitrogens with zero attached hydrogens (tertiary/aromatic N) is 2. The number of rotatable bonds is 5. The van der Waals surface area contributed by atoms with Crippen molar-refractivity contribution in [2.24, 2.45) is 5.92 Å². The van der Waals surface area contributed by atoms with Crippen LogP contribution in [-0.2, 0) is 29.0 Å². The number of fused-ring (bicyclic) bond motifs is 1. The molecule has 4 rings (SSSR count). The minimum absolute atomic E-state index is 0.0132. The van der Waals surface area contributed by atoms with E-state index in [-0.39, 0.29) is 24.2 Å². The van der Waals surface area contributed by atoms with E-state index in [2.05, 4.69) is 22.4 Å². The van der Waals surface area contributed by atoms with Crippen LogP contribution in [0, 0.1) is 5.92 Å². The van der Waals surface area contributed by atoms with Crippen LogP contribution in [0.5, 0.6) is 5.88 Å². The zero-order valence-electron chi connectivity index (χ0n) is 15.4. The summed E-state index contributed by atoms with van der Waals surface area (Å²) in [6.07, 6.45) is 5.30. The van der Waals surface area contributed by atoms with Crippen LogP contribution in [0.3, 0.4) is 0 Å². The third-order valence-corrected chi connectivity index (χ3v) is 5.36. The van der Waals surface area contributed by atoms with Gasteiger partial charge in [-0.2, -0.15) is 0 Å². The predicted octanol–water partition coefficient (Wildman–Crippen LogP) is 2.25. The summed E-state index contributed by atoms with van der Waals surface area (Å²) in [7, 11) is 1.56. The molecule has 1 unspecified atom stereocenters. The molecule has 0 radical (unpaired) electrons. The first-order chi connectivity index (χ1) is 13.1. The quantitative estimate of drug-likeness (QED) is 0.882. The molecule has 1 aliphatic carbocycles. The molecule has 1 atom stereocenters. The molecule has 6 heteroatoms. The average Bonchev–Trinajstić information content (AvgIpc) is 3.32. The van der Waals surface area contributed by atoms with E-state index >= 15 is 0 Å². The van der Waals surface area contributed by atoms with Gasteiger partial charge >= 0.3 is 0 Å². The summed E-state index contributed by atoms with van der Waals surface area (Å²) in [6, 6.07) is 9.86. The van der Waals surface area contributed by atoms with Gasteiger partial charge in [0.25, 0.3) is 0 Å². The number of pyridine rings is 1. The fraction of sp³-hybridized carbons (Fsp3) is 0.381. The summed E-state index contributed by atoms with van der Waals surface area (Å²) in [5.41, 5.74) is 4.52. The summed E-state index contributed by atoms with van der Waals surface area (Å²) < 4.78 is 5.03. The molecule has 1 aromatic heterocycles. The van der Waals surface area contributed by atoms with Crippen molar-refractivity contribution in [2.45, 2.75) is 32.2 Å². The molecule has 6 nitrogen and oxygen atoms in total. The molecular weight excluding hydrogens is 342 g/mol. The zero-order valence-corrected chi connectivity index (χ0v) is 15.4. The van der Waals surface area contributed by atoms with Crippen LogP contribution in [0.1, 0.15) is 29.5 Å². The molecule has 0 bridgehead atoms. The molecule has 1 aromatic carbocycles. The Kier molecular flexibility index (Phi) is 4.79. The summed E-state index contributed by atoms with van der Waals surface area (Å²) in [6.45, 7) is 0.823. The van der Waals surface area contributed by atoms with Gasteiger partial charge in [-0.1, -0.05) is 12.1 Å². The molecule has 1 saturated heterocycles. The van der Waals surface area contributed by atoms with Gasteiger partial charge < -0.3 is 15.0 Å². The lowest BCUT2D eigenvalue weighted by Gasteiger charge is -2.18. The number of carbonyl (C=O) groups excluding carboxylic acids is 2. The van der Waals surface area contributed by atoms with Crippen LogP contribution >= 0.6 is 0 Å². The standard InChI is InChI=1S/C21H23N3O3/c1-27-19-8-5-14(11-22-19)12-23-21(26)17-10-20(25)24(13-17)18-7-6-15-3-2-4-16(15)9-18/h5-9,11,17H,2-4,10,12-13H2,1H3,(H,23,26). The number of carbonyl (C=O) groups is 2. The highest BCUT2D eigenvalue weighted by atomic mass is 16.5. The maximum Gasteiger partial charge on any atom is 0.227 e. The van der Waals surface area contributed by atoms with E-state index in [9.17, 15) is 9.59 Å². The van der Waals surface area contributed by atoms with Gasteiger partial charge in [-0.3, -0.25) is 9.59 Å². The van der Waals surface area contributed by atoms with Crippen molar-refractivity contribution in [3.05, 3.63) is 53.2 Å². The number of amides is 2. The van der Waals surface area contributed by atoms with Gasteiger partial charge in [0.2, 0.25) is 17.7 Å². The zero-order chi connectivity index (χ0) is 18.8. The van der Waals surface area contributed by atoms with Crippen LogP contribution in [-0.4, -0.2) is 30.5 Å².